The summed E-state index contributed by atoms with van der Waals surface area (Å²) in [5.74, 6) is 1.62. The average molecular weight is 280 g/mol. The summed E-state index contributed by atoms with van der Waals surface area (Å²) < 4.78 is 5.12. The molecule has 0 radical (unpaired) electrons. The van der Waals surface area contributed by atoms with E-state index in [0.717, 1.165) is 0 Å². The van der Waals surface area contributed by atoms with Crippen LogP contribution in [0.2, 0.25) is 0 Å². The zero-order chi connectivity index (χ0) is 13.8. The van der Waals surface area contributed by atoms with Gasteiger partial charge in [-0.15, -0.1) is 11.8 Å². The van der Waals surface area contributed by atoms with Crippen molar-refractivity contribution in [3.8, 4) is 0 Å². The van der Waals surface area contributed by atoms with E-state index < -0.39 is 0 Å². The van der Waals surface area contributed by atoms with E-state index in [1.54, 1.807) is 55.2 Å². The Morgan fingerprint density at radius 1 is 1.53 bits per heavy atom. The molecular formula is C13H16N2O3S. The molecule has 2 heterocycles. The minimum Gasteiger partial charge on any atom is -0.465 e. The van der Waals surface area contributed by atoms with E-state index in [2.05, 4.69) is 0 Å². The van der Waals surface area contributed by atoms with Crippen LogP contribution in [0.15, 0.2) is 28.9 Å². The molecule has 1 aromatic heterocycles. The Kier molecular flexibility index (Phi) is 4.31. The summed E-state index contributed by atoms with van der Waals surface area (Å²) in [6, 6.07) is 3.16. The lowest BCUT2D eigenvalue weighted by Crippen LogP contribution is -2.46. The van der Waals surface area contributed by atoms with Gasteiger partial charge in [0.15, 0.2) is 0 Å². The Bertz CT molecular complexity index is 482. The summed E-state index contributed by atoms with van der Waals surface area (Å²) in [6.07, 6.45) is 4.61. The zero-order valence-corrected chi connectivity index (χ0v) is 11.7. The van der Waals surface area contributed by atoms with Crippen LogP contribution >= 0.6 is 11.8 Å². The monoisotopic (exact) mass is 280 g/mol. The number of carbonyl (C=O) groups is 2. The molecule has 0 aromatic carbocycles. The summed E-state index contributed by atoms with van der Waals surface area (Å²) in [7, 11) is 3.40. The third kappa shape index (κ3) is 3.20. The lowest BCUT2D eigenvalue weighted by atomic mass is 10.2. The first kappa shape index (κ1) is 13.7. The number of rotatable bonds is 3. The number of hydrogen-bond donors (Lipinski definition) is 0. The summed E-state index contributed by atoms with van der Waals surface area (Å²) in [6.45, 7) is 0. The van der Waals surface area contributed by atoms with E-state index in [4.69, 9.17) is 4.42 Å². The quantitative estimate of drug-likeness (QED) is 0.783. The molecule has 1 aliphatic heterocycles. The van der Waals surface area contributed by atoms with Gasteiger partial charge in [-0.05, 0) is 18.2 Å². The average Bonchev–Trinajstić information content (AvgIpc) is 3.05. The zero-order valence-electron chi connectivity index (χ0n) is 10.9. The third-order valence-electron chi connectivity index (χ3n) is 2.82. The summed E-state index contributed by atoms with van der Waals surface area (Å²) in [4.78, 5) is 27.2. The second-order valence-corrected chi connectivity index (χ2v) is 5.40. The van der Waals surface area contributed by atoms with Crippen molar-refractivity contribution in [3.63, 3.8) is 0 Å². The van der Waals surface area contributed by atoms with Crippen LogP contribution in [0.5, 0.6) is 0 Å². The van der Waals surface area contributed by atoms with Crippen molar-refractivity contribution in [2.45, 2.75) is 6.04 Å². The largest absolute Gasteiger partial charge is 0.465 e. The number of furan rings is 1. The van der Waals surface area contributed by atoms with Crippen LogP contribution in [0.1, 0.15) is 5.76 Å². The van der Waals surface area contributed by atoms with Gasteiger partial charge in [0.1, 0.15) is 11.8 Å². The standard InChI is InChI=1S/C13H16N2O3S/c1-14(2)13(17)11-8-19-9-15(11)12(16)6-5-10-4-3-7-18-10/h3-7,11H,8-9H2,1-2H3/b6-5+/t11-/m0/s1. The first-order valence-electron chi connectivity index (χ1n) is 5.90. The van der Waals surface area contributed by atoms with Crippen molar-refractivity contribution < 1.29 is 14.0 Å². The maximum Gasteiger partial charge on any atom is 0.248 e. The molecule has 102 valence electrons. The van der Waals surface area contributed by atoms with Gasteiger partial charge in [0.25, 0.3) is 0 Å². The maximum absolute atomic E-state index is 12.1. The molecule has 0 unspecified atom stereocenters. The molecule has 0 aliphatic carbocycles. The Morgan fingerprint density at radius 2 is 2.32 bits per heavy atom. The lowest BCUT2D eigenvalue weighted by molar-refractivity contribution is -0.139. The lowest BCUT2D eigenvalue weighted by Gasteiger charge is -2.24. The van der Waals surface area contributed by atoms with Crippen LogP contribution < -0.4 is 0 Å². The van der Waals surface area contributed by atoms with Gasteiger partial charge in [0.05, 0.1) is 12.1 Å². The normalized spacial score (nSPS) is 19.1. The van der Waals surface area contributed by atoms with Gasteiger partial charge in [-0.2, -0.15) is 0 Å². The minimum atomic E-state index is -0.367. The van der Waals surface area contributed by atoms with Crippen molar-refractivity contribution in [1.29, 1.82) is 0 Å². The molecule has 1 atom stereocenters. The van der Waals surface area contributed by atoms with Crippen LogP contribution in [-0.2, 0) is 9.59 Å². The molecule has 5 nitrogen and oxygen atoms in total. The van der Waals surface area contributed by atoms with E-state index in [0.29, 0.717) is 17.4 Å². The topological polar surface area (TPSA) is 53.8 Å². The molecule has 6 heteroatoms. The molecule has 0 spiro atoms. The highest BCUT2D eigenvalue weighted by Gasteiger charge is 2.34. The molecule has 19 heavy (non-hydrogen) atoms. The Hall–Kier alpha value is -1.69. The van der Waals surface area contributed by atoms with Crippen LogP contribution in [-0.4, -0.2) is 53.4 Å². The van der Waals surface area contributed by atoms with Gasteiger partial charge in [-0.3, -0.25) is 9.59 Å². The highest BCUT2D eigenvalue weighted by molar-refractivity contribution is 7.99. The van der Waals surface area contributed by atoms with Crippen molar-refractivity contribution in [2.75, 3.05) is 25.7 Å². The van der Waals surface area contributed by atoms with Crippen molar-refractivity contribution >= 4 is 29.7 Å². The molecule has 2 rings (SSSR count). The maximum atomic E-state index is 12.1. The van der Waals surface area contributed by atoms with Crippen molar-refractivity contribution in [1.82, 2.24) is 9.80 Å². The molecule has 0 bridgehead atoms. The third-order valence-corrected chi connectivity index (χ3v) is 3.84. The van der Waals surface area contributed by atoms with Crippen molar-refractivity contribution in [3.05, 3.63) is 30.2 Å². The van der Waals surface area contributed by atoms with Crippen LogP contribution in [0.25, 0.3) is 6.08 Å². The highest BCUT2D eigenvalue weighted by atomic mass is 32.2. The van der Waals surface area contributed by atoms with E-state index in [1.807, 2.05) is 0 Å². The summed E-state index contributed by atoms with van der Waals surface area (Å²) in [5, 5.41) is 0. The fourth-order valence-corrected chi connectivity index (χ4v) is 2.95. The summed E-state index contributed by atoms with van der Waals surface area (Å²) >= 11 is 1.59. The van der Waals surface area contributed by atoms with E-state index in [9.17, 15) is 9.59 Å². The fraction of sp³-hybridized carbons (Fsp3) is 0.385. The van der Waals surface area contributed by atoms with Gasteiger partial charge in [-0.25, -0.2) is 0 Å². The highest BCUT2D eigenvalue weighted by Crippen LogP contribution is 2.22. The number of nitrogens with zero attached hydrogens (tertiary/aromatic N) is 2. The molecule has 1 fully saturated rings. The van der Waals surface area contributed by atoms with Gasteiger partial charge in [0, 0.05) is 25.9 Å². The fourth-order valence-electron chi connectivity index (χ4n) is 1.80. The Balaban J connectivity index is 2.04. The van der Waals surface area contributed by atoms with E-state index >= 15 is 0 Å². The van der Waals surface area contributed by atoms with Crippen LogP contribution in [0.3, 0.4) is 0 Å². The summed E-state index contributed by atoms with van der Waals surface area (Å²) in [5.41, 5.74) is 0. The molecule has 1 saturated heterocycles. The molecule has 1 aliphatic rings. The van der Waals surface area contributed by atoms with Gasteiger partial charge < -0.3 is 14.2 Å². The van der Waals surface area contributed by atoms with Crippen molar-refractivity contribution in [2.24, 2.45) is 0 Å². The van der Waals surface area contributed by atoms with Gasteiger partial charge in [0.2, 0.25) is 11.8 Å². The second-order valence-electron chi connectivity index (χ2n) is 4.41. The first-order valence-corrected chi connectivity index (χ1v) is 7.06. The van der Waals surface area contributed by atoms with Crippen LogP contribution in [0, 0.1) is 0 Å². The molecule has 1 aromatic rings. The number of thioether (sulfide) groups is 1. The SMILES string of the molecule is CN(C)C(=O)[C@@H]1CSCN1C(=O)/C=C/c1ccco1. The molecule has 0 saturated carbocycles. The van der Waals surface area contributed by atoms with E-state index in [1.165, 1.54) is 11.0 Å². The predicted molar refractivity (Wildman–Crippen MR) is 74.4 cm³/mol. The van der Waals surface area contributed by atoms with E-state index in [-0.39, 0.29) is 17.9 Å². The minimum absolute atomic E-state index is 0.0373. The first-order chi connectivity index (χ1) is 9.09. The van der Waals surface area contributed by atoms with Gasteiger partial charge in [-0.1, -0.05) is 0 Å². The predicted octanol–water partition coefficient (Wildman–Crippen LogP) is 1.28. The Labute approximate surface area is 116 Å². The number of likely N-dealkylation sites (N-methyl/N-ethyl adjacent to an activating group) is 1. The Morgan fingerprint density at radius 3 is 2.95 bits per heavy atom. The second kappa shape index (κ2) is 5.97. The van der Waals surface area contributed by atoms with Gasteiger partial charge >= 0.3 is 0 Å². The number of amides is 2. The number of hydrogen-bond acceptors (Lipinski definition) is 4. The molecular weight excluding hydrogens is 264 g/mol. The molecule has 0 N–H and O–H groups in total. The van der Waals surface area contributed by atoms with Crippen LogP contribution in [0.4, 0.5) is 0 Å². The molecule has 2 amide bonds. The smallest absolute Gasteiger partial charge is 0.248 e. The number of carbonyl (C=O) groups excluding carboxylic acids is 2.